The van der Waals surface area contributed by atoms with Crippen molar-refractivity contribution in [2.24, 2.45) is 0 Å². The van der Waals surface area contributed by atoms with E-state index in [9.17, 15) is 9.18 Å². The van der Waals surface area contributed by atoms with Crippen molar-refractivity contribution in [1.82, 2.24) is 10.2 Å². The van der Waals surface area contributed by atoms with Gasteiger partial charge in [0.15, 0.2) is 0 Å². The molecule has 2 amide bonds. The van der Waals surface area contributed by atoms with E-state index >= 15 is 0 Å². The van der Waals surface area contributed by atoms with Crippen molar-refractivity contribution in [2.75, 3.05) is 13.1 Å². The fourth-order valence-electron chi connectivity index (χ4n) is 1.84. The Bertz CT molecular complexity index is 446. The Morgan fingerprint density at radius 1 is 1.25 bits per heavy atom. The summed E-state index contributed by atoms with van der Waals surface area (Å²) in [5.41, 5.74) is 0.461. The largest absolute Gasteiger partial charge is 0.325 e. The van der Waals surface area contributed by atoms with Gasteiger partial charge in [-0.05, 0) is 25.0 Å². The third-order valence-electron chi connectivity index (χ3n) is 2.94. The number of carbonyl (C=O) groups is 1. The highest BCUT2D eigenvalue weighted by Gasteiger charge is 2.09. The van der Waals surface area contributed by atoms with Crippen LogP contribution in [0.4, 0.5) is 9.18 Å². The second kappa shape index (κ2) is 9.13. The van der Waals surface area contributed by atoms with Gasteiger partial charge >= 0.3 is 6.03 Å². The fourth-order valence-corrected chi connectivity index (χ4v) is 1.84. The number of hydrogen-bond donors (Lipinski definition) is 1. The summed E-state index contributed by atoms with van der Waals surface area (Å²) in [5.74, 6) is -0.297. The van der Waals surface area contributed by atoms with Gasteiger partial charge in [0.05, 0.1) is 0 Å². The van der Waals surface area contributed by atoms with E-state index in [2.05, 4.69) is 12.2 Å². The molecule has 1 N–H and O–H groups in total. The highest BCUT2D eigenvalue weighted by Crippen LogP contribution is 2.07. The maximum absolute atomic E-state index is 13.4. The number of halogens is 1. The standard InChI is InChI=1S/C16H23FN2O/c1-3-5-13-19(12-4-2)16(20)18-11-10-14-8-6-7-9-15(14)17/h6-11H,3-5,12-13H2,1-2H3,(H,18,20)/b11-10+. The molecule has 20 heavy (non-hydrogen) atoms. The molecule has 4 heteroatoms. The van der Waals surface area contributed by atoms with Crippen molar-refractivity contribution in [3.63, 3.8) is 0 Å². The van der Waals surface area contributed by atoms with Gasteiger partial charge in [-0.2, -0.15) is 0 Å². The first kappa shape index (κ1) is 16.2. The molecule has 0 heterocycles. The molecule has 1 aromatic rings. The van der Waals surface area contributed by atoms with Gasteiger partial charge in [0.2, 0.25) is 0 Å². The number of nitrogens with one attached hydrogen (secondary N) is 1. The highest BCUT2D eigenvalue weighted by molar-refractivity contribution is 5.76. The fraction of sp³-hybridized carbons (Fsp3) is 0.438. The maximum atomic E-state index is 13.4. The molecule has 0 saturated carbocycles. The number of amides is 2. The lowest BCUT2D eigenvalue weighted by Crippen LogP contribution is -2.38. The average molecular weight is 278 g/mol. The van der Waals surface area contributed by atoms with Gasteiger partial charge in [0.1, 0.15) is 5.82 Å². The third kappa shape index (κ3) is 5.43. The molecule has 0 aromatic heterocycles. The average Bonchev–Trinajstić information content (AvgIpc) is 2.45. The van der Waals surface area contributed by atoms with Gasteiger partial charge in [-0.25, -0.2) is 9.18 Å². The molecule has 1 aromatic carbocycles. The minimum atomic E-state index is -0.297. The van der Waals surface area contributed by atoms with Crippen LogP contribution in [0.3, 0.4) is 0 Å². The molecule has 0 radical (unpaired) electrons. The lowest BCUT2D eigenvalue weighted by molar-refractivity contribution is 0.200. The van der Waals surface area contributed by atoms with E-state index in [-0.39, 0.29) is 11.8 Å². The van der Waals surface area contributed by atoms with Crippen LogP contribution >= 0.6 is 0 Å². The molecule has 1 rings (SSSR count). The summed E-state index contributed by atoms with van der Waals surface area (Å²) in [6, 6.07) is 6.33. The quantitative estimate of drug-likeness (QED) is 0.802. The lowest BCUT2D eigenvalue weighted by atomic mass is 10.2. The zero-order chi connectivity index (χ0) is 14.8. The first-order valence-electron chi connectivity index (χ1n) is 7.15. The van der Waals surface area contributed by atoms with E-state index < -0.39 is 0 Å². The lowest BCUT2D eigenvalue weighted by Gasteiger charge is -2.21. The molecule has 0 aliphatic carbocycles. The molecule has 0 aliphatic heterocycles. The van der Waals surface area contributed by atoms with E-state index in [0.717, 1.165) is 32.4 Å². The Morgan fingerprint density at radius 3 is 2.65 bits per heavy atom. The van der Waals surface area contributed by atoms with Crippen LogP contribution in [-0.4, -0.2) is 24.0 Å². The van der Waals surface area contributed by atoms with E-state index in [4.69, 9.17) is 0 Å². The van der Waals surface area contributed by atoms with Gasteiger partial charge in [-0.15, -0.1) is 0 Å². The Balaban J connectivity index is 2.53. The van der Waals surface area contributed by atoms with E-state index in [0.29, 0.717) is 5.56 Å². The molecule has 0 fully saturated rings. The molecule has 0 saturated heterocycles. The van der Waals surface area contributed by atoms with Gasteiger partial charge in [-0.3, -0.25) is 0 Å². The van der Waals surface area contributed by atoms with Crippen LogP contribution in [-0.2, 0) is 0 Å². The molecule has 0 aliphatic rings. The summed E-state index contributed by atoms with van der Waals surface area (Å²) < 4.78 is 13.4. The van der Waals surface area contributed by atoms with Crippen molar-refractivity contribution < 1.29 is 9.18 Å². The van der Waals surface area contributed by atoms with Crippen molar-refractivity contribution in [3.05, 3.63) is 41.8 Å². The smallest absolute Gasteiger partial charge is 0.321 e. The van der Waals surface area contributed by atoms with E-state index in [1.807, 2.05) is 6.92 Å². The summed E-state index contributed by atoms with van der Waals surface area (Å²) in [5, 5.41) is 2.69. The minimum absolute atomic E-state index is 0.132. The number of carbonyl (C=O) groups excluding carboxylic acids is 1. The topological polar surface area (TPSA) is 32.3 Å². The summed E-state index contributed by atoms with van der Waals surface area (Å²) in [7, 11) is 0. The molecule has 110 valence electrons. The third-order valence-corrected chi connectivity index (χ3v) is 2.94. The maximum Gasteiger partial charge on any atom is 0.321 e. The summed E-state index contributed by atoms with van der Waals surface area (Å²) in [4.78, 5) is 13.8. The van der Waals surface area contributed by atoms with Crippen LogP contribution < -0.4 is 5.32 Å². The normalized spacial score (nSPS) is 10.8. The second-order valence-electron chi connectivity index (χ2n) is 4.64. The number of nitrogens with zero attached hydrogens (tertiary/aromatic N) is 1. The predicted molar refractivity (Wildman–Crippen MR) is 80.7 cm³/mol. The van der Waals surface area contributed by atoms with Gasteiger partial charge in [0, 0.05) is 24.9 Å². The summed E-state index contributed by atoms with van der Waals surface area (Å²) in [6.45, 7) is 5.63. The molecule has 0 atom stereocenters. The van der Waals surface area contributed by atoms with E-state index in [1.165, 1.54) is 12.3 Å². The number of unbranched alkanes of at least 4 members (excludes halogenated alkanes) is 1. The van der Waals surface area contributed by atoms with Crippen LogP contribution in [0.5, 0.6) is 0 Å². The van der Waals surface area contributed by atoms with Crippen molar-refractivity contribution in [2.45, 2.75) is 33.1 Å². The number of urea groups is 1. The molecular formula is C16H23FN2O. The molecule has 3 nitrogen and oxygen atoms in total. The van der Waals surface area contributed by atoms with Gasteiger partial charge in [0.25, 0.3) is 0 Å². The van der Waals surface area contributed by atoms with Crippen LogP contribution in [0, 0.1) is 5.82 Å². The van der Waals surface area contributed by atoms with Crippen molar-refractivity contribution in [1.29, 1.82) is 0 Å². The summed E-state index contributed by atoms with van der Waals surface area (Å²) >= 11 is 0. The SMILES string of the molecule is CCCCN(CCC)C(=O)N/C=C/c1ccccc1F. The molecule has 0 spiro atoms. The van der Waals surface area contributed by atoms with Gasteiger partial charge in [-0.1, -0.05) is 38.5 Å². The Morgan fingerprint density at radius 2 is 2.00 bits per heavy atom. The Labute approximate surface area is 120 Å². The van der Waals surface area contributed by atoms with Gasteiger partial charge < -0.3 is 10.2 Å². The monoisotopic (exact) mass is 278 g/mol. The van der Waals surface area contributed by atoms with Crippen molar-refractivity contribution >= 4 is 12.1 Å². The number of benzene rings is 1. The molecular weight excluding hydrogens is 255 g/mol. The first-order valence-corrected chi connectivity index (χ1v) is 7.15. The van der Waals surface area contributed by atoms with Crippen LogP contribution in [0.25, 0.3) is 6.08 Å². The summed E-state index contributed by atoms with van der Waals surface area (Å²) in [6.07, 6.45) is 6.03. The number of hydrogen-bond acceptors (Lipinski definition) is 1. The highest BCUT2D eigenvalue weighted by atomic mass is 19.1. The predicted octanol–water partition coefficient (Wildman–Crippen LogP) is 4.02. The Hall–Kier alpha value is -1.84. The van der Waals surface area contributed by atoms with Crippen LogP contribution in [0.1, 0.15) is 38.7 Å². The zero-order valence-corrected chi connectivity index (χ0v) is 12.2. The first-order chi connectivity index (χ1) is 9.69. The van der Waals surface area contributed by atoms with Crippen LogP contribution in [0.15, 0.2) is 30.5 Å². The van der Waals surface area contributed by atoms with Crippen molar-refractivity contribution in [3.8, 4) is 0 Å². The van der Waals surface area contributed by atoms with E-state index in [1.54, 1.807) is 29.2 Å². The number of rotatable bonds is 7. The molecule has 0 bridgehead atoms. The second-order valence-corrected chi connectivity index (χ2v) is 4.64. The molecule has 0 unspecified atom stereocenters. The Kier molecular flexibility index (Phi) is 7.40. The zero-order valence-electron chi connectivity index (χ0n) is 12.2. The van der Waals surface area contributed by atoms with Crippen LogP contribution in [0.2, 0.25) is 0 Å². The minimum Gasteiger partial charge on any atom is -0.325 e.